The summed E-state index contributed by atoms with van der Waals surface area (Å²) >= 11 is 0. The van der Waals surface area contributed by atoms with Gasteiger partial charge in [0.2, 0.25) is 5.91 Å². The fourth-order valence-corrected chi connectivity index (χ4v) is 1.97. The molecule has 1 aliphatic rings. The van der Waals surface area contributed by atoms with Crippen LogP contribution in [0.15, 0.2) is 0 Å². The van der Waals surface area contributed by atoms with E-state index in [1.165, 1.54) is 19.3 Å². The minimum atomic E-state index is -0.522. The minimum Gasteiger partial charge on any atom is -0.355 e. The van der Waals surface area contributed by atoms with Crippen molar-refractivity contribution in [1.29, 1.82) is 5.26 Å². The van der Waals surface area contributed by atoms with E-state index in [1.54, 1.807) is 6.92 Å². The van der Waals surface area contributed by atoms with E-state index in [9.17, 15) is 4.79 Å². The minimum absolute atomic E-state index is 0.133. The third-order valence-corrected chi connectivity index (χ3v) is 3.16. The van der Waals surface area contributed by atoms with Crippen LogP contribution < -0.4 is 5.32 Å². The third-order valence-electron chi connectivity index (χ3n) is 3.16. The van der Waals surface area contributed by atoms with Gasteiger partial charge < -0.3 is 5.32 Å². The van der Waals surface area contributed by atoms with Crippen molar-refractivity contribution in [3.63, 3.8) is 0 Å². The molecule has 1 fully saturated rings. The number of amides is 1. The molecule has 0 aromatic carbocycles. The predicted octanol–water partition coefficient (Wildman–Crippen LogP) is 1.70. The smallest absolute Gasteiger partial charge is 0.237 e. The first-order valence-electron chi connectivity index (χ1n) is 5.32. The number of rotatable bonds is 3. The average molecular weight is 194 g/mol. The molecule has 0 radical (unpaired) electrons. The van der Waals surface area contributed by atoms with E-state index < -0.39 is 5.92 Å². The molecule has 0 heterocycles. The Morgan fingerprint density at radius 2 is 2.36 bits per heavy atom. The van der Waals surface area contributed by atoms with E-state index in [4.69, 9.17) is 5.26 Å². The Kier molecular flexibility index (Phi) is 3.94. The average Bonchev–Trinajstić information content (AvgIpc) is 2.59. The van der Waals surface area contributed by atoms with Gasteiger partial charge in [-0.25, -0.2) is 0 Å². The molecule has 1 saturated carbocycles. The maximum Gasteiger partial charge on any atom is 0.237 e. The Morgan fingerprint density at radius 1 is 1.64 bits per heavy atom. The summed E-state index contributed by atoms with van der Waals surface area (Å²) in [6, 6.07) is 1.94. The van der Waals surface area contributed by atoms with E-state index in [-0.39, 0.29) is 5.91 Å². The van der Waals surface area contributed by atoms with Crippen molar-refractivity contribution >= 4 is 5.91 Å². The third kappa shape index (κ3) is 2.73. The first-order valence-corrected chi connectivity index (χ1v) is 5.32. The lowest BCUT2D eigenvalue weighted by Gasteiger charge is -2.16. The van der Waals surface area contributed by atoms with Crippen LogP contribution in [-0.2, 0) is 4.79 Å². The Balaban J connectivity index is 2.27. The van der Waals surface area contributed by atoms with Crippen molar-refractivity contribution in [2.24, 2.45) is 17.8 Å². The summed E-state index contributed by atoms with van der Waals surface area (Å²) in [4.78, 5) is 11.3. The molecule has 3 atom stereocenters. The van der Waals surface area contributed by atoms with Crippen LogP contribution in [0.2, 0.25) is 0 Å². The quantitative estimate of drug-likeness (QED) is 0.743. The fourth-order valence-electron chi connectivity index (χ4n) is 1.97. The van der Waals surface area contributed by atoms with Crippen LogP contribution >= 0.6 is 0 Å². The first kappa shape index (κ1) is 11.0. The van der Waals surface area contributed by atoms with E-state index in [1.807, 2.05) is 6.07 Å². The number of nitrogens with one attached hydrogen (secondary N) is 1. The van der Waals surface area contributed by atoms with Crippen LogP contribution in [-0.4, -0.2) is 12.5 Å². The molecule has 0 spiro atoms. The van der Waals surface area contributed by atoms with Gasteiger partial charge in [-0.15, -0.1) is 0 Å². The molecular weight excluding hydrogens is 176 g/mol. The highest BCUT2D eigenvalue weighted by molar-refractivity contribution is 5.80. The molecule has 3 heteroatoms. The SMILES string of the molecule is CC(C#N)C(=O)NCC1CCCC1C. The summed E-state index contributed by atoms with van der Waals surface area (Å²) < 4.78 is 0. The van der Waals surface area contributed by atoms with Gasteiger partial charge >= 0.3 is 0 Å². The van der Waals surface area contributed by atoms with Crippen LogP contribution in [0.3, 0.4) is 0 Å². The molecule has 0 saturated heterocycles. The molecule has 3 unspecified atom stereocenters. The van der Waals surface area contributed by atoms with Gasteiger partial charge in [-0.3, -0.25) is 4.79 Å². The largest absolute Gasteiger partial charge is 0.355 e. The summed E-state index contributed by atoms with van der Waals surface area (Å²) in [6.45, 7) is 4.61. The van der Waals surface area contributed by atoms with Crippen LogP contribution in [0, 0.1) is 29.1 Å². The zero-order valence-corrected chi connectivity index (χ0v) is 8.92. The number of hydrogen-bond donors (Lipinski definition) is 1. The first-order chi connectivity index (χ1) is 6.65. The monoisotopic (exact) mass is 194 g/mol. The Morgan fingerprint density at radius 3 is 2.86 bits per heavy atom. The zero-order chi connectivity index (χ0) is 10.6. The fraction of sp³-hybridized carbons (Fsp3) is 0.818. The second-order valence-electron chi connectivity index (χ2n) is 4.26. The van der Waals surface area contributed by atoms with E-state index in [2.05, 4.69) is 12.2 Å². The van der Waals surface area contributed by atoms with Gasteiger partial charge in [0, 0.05) is 6.54 Å². The summed E-state index contributed by atoms with van der Waals surface area (Å²) in [5.74, 6) is 0.677. The van der Waals surface area contributed by atoms with Gasteiger partial charge in [-0.05, 0) is 25.2 Å². The Labute approximate surface area is 85.5 Å². The van der Waals surface area contributed by atoms with Gasteiger partial charge in [0.15, 0.2) is 0 Å². The molecule has 0 aromatic rings. The second kappa shape index (κ2) is 4.99. The molecule has 3 nitrogen and oxygen atoms in total. The van der Waals surface area contributed by atoms with E-state index in [0.29, 0.717) is 11.8 Å². The zero-order valence-electron chi connectivity index (χ0n) is 8.92. The molecule has 1 amide bonds. The molecule has 1 rings (SSSR count). The van der Waals surface area contributed by atoms with Crippen LogP contribution in [0.4, 0.5) is 0 Å². The van der Waals surface area contributed by atoms with Crippen molar-refractivity contribution in [2.75, 3.05) is 6.54 Å². The molecule has 0 aliphatic heterocycles. The molecule has 0 aromatic heterocycles. The normalized spacial score (nSPS) is 28.1. The van der Waals surface area contributed by atoms with E-state index in [0.717, 1.165) is 6.54 Å². The lowest BCUT2D eigenvalue weighted by Crippen LogP contribution is -2.33. The summed E-state index contributed by atoms with van der Waals surface area (Å²) in [5, 5.41) is 11.4. The van der Waals surface area contributed by atoms with Crippen molar-refractivity contribution in [1.82, 2.24) is 5.32 Å². The highest BCUT2D eigenvalue weighted by Crippen LogP contribution is 2.30. The maximum atomic E-state index is 11.3. The highest BCUT2D eigenvalue weighted by atomic mass is 16.1. The van der Waals surface area contributed by atoms with Crippen LogP contribution in [0.5, 0.6) is 0 Å². The van der Waals surface area contributed by atoms with Crippen molar-refractivity contribution in [3.8, 4) is 6.07 Å². The lowest BCUT2D eigenvalue weighted by molar-refractivity contribution is -0.123. The van der Waals surface area contributed by atoms with Gasteiger partial charge in [0.1, 0.15) is 5.92 Å². The Hall–Kier alpha value is -1.04. The molecule has 1 aliphatic carbocycles. The van der Waals surface area contributed by atoms with Crippen molar-refractivity contribution in [2.45, 2.75) is 33.1 Å². The number of nitrogens with zero attached hydrogens (tertiary/aromatic N) is 1. The number of hydrogen-bond acceptors (Lipinski definition) is 2. The molecule has 1 N–H and O–H groups in total. The van der Waals surface area contributed by atoms with Gasteiger partial charge in [-0.2, -0.15) is 5.26 Å². The number of carbonyl (C=O) groups excluding carboxylic acids is 1. The second-order valence-corrected chi connectivity index (χ2v) is 4.26. The van der Waals surface area contributed by atoms with Crippen molar-refractivity contribution < 1.29 is 4.79 Å². The standard InChI is InChI=1S/C11H18N2O/c1-8-4-3-5-10(8)7-13-11(14)9(2)6-12/h8-10H,3-5,7H2,1-2H3,(H,13,14). The summed E-state index contributed by atoms with van der Waals surface area (Å²) in [7, 11) is 0. The van der Waals surface area contributed by atoms with Gasteiger partial charge in [-0.1, -0.05) is 19.8 Å². The highest BCUT2D eigenvalue weighted by Gasteiger charge is 2.24. The van der Waals surface area contributed by atoms with Gasteiger partial charge in [0.25, 0.3) is 0 Å². The number of carbonyl (C=O) groups is 1. The van der Waals surface area contributed by atoms with Crippen LogP contribution in [0.1, 0.15) is 33.1 Å². The summed E-state index contributed by atoms with van der Waals surface area (Å²) in [6.07, 6.45) is 3.76. The predicted molar refractivity (Wildman–Crippen MR) is 54.3 cm³/mol. The molecule has 0 bridgehead atoms. The number of nitriles is 1. The maximum absolute atomic E-state index is 11.3. The topological polar surface area (TPSA) is 52.9 Å². The van der Waals surface area contributed by atoms with Crippen LogP contribution in [0.25, 0.3) is 0 Å². The molecule has 14 heavy (non-hydrogen) atoms. The van der Waals surface area contributed by atoms with E-state index >= 15 is 0 Å². The van der Waals surface area contributed by atoms with Crippen molar-refractivity contribution in [3.05, 3.63) is 0 Å². The Bertz CT molecular complexity index is 244. The summed E-state index contributed by atoms with van der Waals surface area (Å²) in [5.41, 5.74) is 0. The lowest BCUT2D eigenvalue weighted by atomic mass is 9.98. The van der Waals surface area contributed by atoms with Gasteiger partial charge in [0.05, 0.1) is 6.07 Å². The molecular formula is C11H18N2O. The molecule has 78 valence electrons.